The van der Waals surface area contributed by atoms with Crippen LogP contribution >= 0.6 is 0 Å². The fourth-order valence-corrected chi connectivity index (χ4v) is 4.17. The van der Waals surface area contributed by atoms with Crippen molar-refractivity contribution in [3.8, 4) is 11.6 Å². The molecule has 2 aromatic heterocycles. The molecule has 1 amide bonds. The maximum atomic E-state index is 15.2. The number of halogens is 1. The number of aryl methyl sites for hydroxylation is 1. The Balaban J connectivity index is 1.50. The molecule has 10 heteroatoms. The fourth-order valence-electron chi connectivity index (χ4n) is 4.17. The van der Waals surface area contributed by atoms with Gasteiger partial charge in [0.15, 0.2) is 17.4 Å². The summed E-state index contributed by atoms with van der Waals surface area (Å²) in [6.45, 7) is 4.81. The zero-order chi connectivity index (χ0) is 25.2. The van der Waals surface area contributed by atoms with E-state index in [0.717, 1.165) is 30.2 Å². The van der Waals surface area contributed by atoms with E-state index in [1.165, 1.54) is 17.3 Å². The Bertz CT molecular complexity index is 1410. The van der Waals surface area contributed by atoms with E-state index < -0.39 is 5.82 Å². The number of hydrogen-bond donors (Lipinski definition) is 2. The van der Waals surface area contributed by atoms with E-state index in [9.17, 15) is 4.79 Å². The van der Waals surface area contributed by atoms with E-state index in [4.69, 9.17) is 9.47 Å². The van der Waals surface area contributed by atoms with Gasteiger partial charge in [-0.3, -0.25) is 4.79 Å². The molecule has 3 heterocycles. The molecule has 2 N–H and O–H groups in total. The standard InChI is InChI=1S/C26H27FN6O3/c1-16-13-19-20(30-16)7-8-21(23(19)27)36-25-22(26(34)32(2)3)24(28-15-29-25)31-17-5-4-6-18(14-17)33-9-11-35-12-10-33/h4-8,13-15,30H,9-12H2,1-3H3,(H,28,29,31). The van der Waals surface area contributed by atoms with Crippen LogP contribution in [0.1, 0.15) is 16.1 Å². The van der Waals surface area contributed by atoms with Gasteiger partial charge in [-0.2, -0.15) is 0 Å². The SMILES string of the molecule is Cc1cc2c(F)c(Oc3ncnc(Nc4cccc(N5CCOCC5)c4)c3C(=O)N(C)C)ccc2[nH]1. The van der Waals surface area contributed by atoms with Gasteiger partial charge in [0.2, 0.25) is 5.88 Å². The molecule has 4 aromatic rings. The highest BCUT2D eigenvalue weighted by atomic mass is 19.1. The van der Waals surface area contributed by atoms with Gasteiger partial charge in [0.1, 0.15) is 11.9 Å². The number of nitrogens with one attached hydrogen (secondary N) is 2. The van der Waals surface area contributed by atoms with E-state index in [0.29, 0.717) is 24.1 Å². The van der Waals surface area contributed by atoms with Crippen molar-refractivity contribution in [1.82, 2.24) is 19.9 Å². The van der Waals surface area contributed by atoms with Gasteiger partial charge in [0.05, 0.1) is 13.2 Å². The van der Waals surface area contributed by atoms with Crippen LogP contribution in [0.4, 0.5) is 21.6 Å². The fraction of sp³-hybridized carbons (Fsp3) is 0.269. The summed E-state index contributed by atoms with van der Waals surface area (Å²) in [4.78, 5) is 28.4. The minimum atomic E-state index is -0.536. The van der Waals surface area contributed by atoms with Crippen molar-refractivity contribution in [2.45, 2.75) is 6.92 Å². The number of nitrogens with zero attached hydrogens (tertiary/aromatic N) is 4. The van der Waals surface area contributed by atoms with Gasteiger partial charge in [0, 0.05) is 55.2 Å². The van der Waals surface area contributed by atoms with Gasteiger partial charge in [-0.25, -0.2) is 14.4 Å². The van der Waals surface area contributed by atoms with Crippen molar-refractivity contribution in [3.63, 3.8) is 0 Å². The lowest BCUT2D eigenvalue weighted by Gasteiger charge is -2.29. The summed E-state index contributed by atoms with van der Waals surface area (Å²) < 4.78 is 26.5. The average Bonchev–Trinajstić information content (AvgIpc) is 3.27. The molecule has 0 saturated carbocycles. The van der Waals surface area contributed by atoms with Crippen molar-refractivity contribution in [2.75, 3.05) is 50.6 Å². The topological polar surface area (TPSA) is 95.6 Å². The number of H-pyrrole nitrogens is 1. The summed E-state index contributed by atoms with van der Waals surface area (Å²) in [7, 11) is 3.24. The number of carbonyl (C=O) groups is 1. The Morgan fingerprint density at radius 2 is 1.97 bits per heavy atom. The third-order valence-corrected chi connectivity index (χ3v) is 5.96. The lowest BCUT2D eigenvalue weighted by molar-refractivity contribution is 0.0825. The first-order chi connectivity index (χ1) is 17.4. The Labute approximate surface area is 207 Å². The second kappa shape index (κ2) is 9.82. The van der Waals surface area contributed by atoms with Gasteiger partial charge in [-0.05, 0) is 43.3 Å². The monoisotopic (exact) mass is 490 g/mol. The molecule has 36 heavy (non-hydrogen) atoms. The number of aromatic amines is 1. The number of benzene rings is 2. The van der Waals surface area contributed by atoms with Crippen LogP contribution in [0.2, 0.25) is 0 Å². The van der Waals surface area contributed by atoms with E-state index in [2.05, 4.69) is 25.2 Å². The summed E-state index contributed by atoms with van der Waals surface area (Å²) in [6.07, 6.45) is 1.28. The number of rotatable bonds is 6. The zero-order valence-electron chi connectivity index (χ0n) is 20.3. The highest BCUT2D eigenvalue weighted by Crippen LogP contribution is 2.34. The maximum absolute atomic E-state index is 15.2. The number of aromatic nitrogens is 3. The number of carbonyl (C=O) groups excluding carboxylic acids is 1. The van der Waals surface area contributed by atoms with Crippen LogP contribution in [0.25, 0.3) is 10.9 Å². The molecule has 0 spiro atoms. The van der Waals surface area contributed by atoms with Crippen LogP contribution < -0.4 is 15.0 Å². The molecule has 0 bridgehead atoms. The summed E-state index contributed by atoms with van der Waals surface area (Å²) in [6, 6.07) is 12.8. The number of amides is 1. The summed E-state index contributed by atoms with van der Waals surface area (Å²) in [5.74, 6) is -0.728. The van der Waals surface area contributed by atoms with Crippen LogP contribution in [0, 0.1) is 12.7 Å². The Hall–Kier alpha value is -4.18. The lowest BCUT2D eigenvalue weighted by atomic mass is 10.2. The van der Waals surface area contributed by atoms with Gasteiger partial charge >= 0.3 is 0 Å². The van der Waals surface area contributed by atoms with Gasteiger partial charge < -0.3 is 29.6 Å². The minimum absolute atomic E-state index is 0.0340. The molecule has 0 atom stereocenters. The molecule has 0 unspecified atom stereocenters. The Morgan fingerprint density at radius 1 is 1.17 bits per heavy atom. The van der Waals surface area contributed by atoms with Crippen LogP contribution in [0.3, 0.4) is 0 Å². The minimum Gasteiger partial charge on any atom is -0.435 e. The average molecular weight is 491 g/mol. The first-order valence-electron chi connectivity index (χ1n) is 11.6. The van der Waals surface area contributed by atoms with Crippen LogP contribution in [-0.4, -0.2) is 66.2 Å². The molecule has 1 saturated heterocycles. The number of hydrogen-bond acceptors (Lipinski definition) is 7. The molecule has 186 valence electrons. The van der Waals surface area contributed by atoms with Gasteiger partial charge in [-0.15, -0.1) is 0 Å². The van der Waals surface area contributed by atoms with Crippen LogP contribution in [-0.2, 0) is 4.74 Å². The first-order valence-corrected chi connectivity index (χ1v) is 11.6. The molecular formula is C26H27FN6O3. The number of morpholine rings is 1. The smallest absolute Gasteiger partial charge is 0.262 e. The van der Waals surface area contributed by atoms with Crippen LogP contribution in [0.15, 0.2) is 48.8 Å². The molecule has 1 aliphatic rings. The predicted octanol–water partition coefficient (Wildman–Crippen LogP) is 4.48. The summed E-state index contributed by atoms with van der Waals surface area (Å²) in [5, 5.41) is 3.63. The van der Waals surface area contributed by atoms with E-state index >= 15 is 4.39 Å². The summed E-state index contributed by atoms with van der Waals surface area (Å²) >= 11 is 0. The van der Waals surface area contributed by atoms with Crippen molar-refractivity contribution in [2.24, 2.45) is 0 Å². The van der Waals surface area contributed by atoms with E-state index in [-0.39, 0.29) is 28.9 Å². The summed E-state index contributed by atoms with van der Waals surface area (Å²) in [5.41, 5.74) is 3.37. The largest absolute Gasteiger partial charge is 0.435 e. The highest BCUT2D eigenvalue weighted by Gasteiger charge is 2.24. The zero-order valence-corrected chi connectivity index (χ0v) is 20.3. The third kappa shape index (κ3) is 4.67. The molecule has 0 radical (unpaired) electrons. The van der Waals surface area contributed by atoms with E-state index in [1.807, 2.05) is 31.2 Å². The molecular weight excluding hydrogens is 463 g/mol. The molecule has 1 aliphatic heterocycles. The Kier molecular flexibility index (Phi) is 6.43. The third-order valence-electron chi connectivity index (χ3n) is 5.96. The molecule has 5 rings (SSSR count). The molecule has 2 aromatic carbocycles. The Morgan fingerprint density at radius 3 is 2.75 bits per heavy atom. The second-order valence-corrected chi connectivity index (χ2v) is 8.77. The normalized spacial score (nSPS) is 13.6. The van der Waals surface area contributed by atoms with Crippen molar-refractivity contribution in [1.29, 1.82) is 0 Å². The van der Waals surface area contributed by atoms with Gasteiger partial charge in [-0.1, -0.05) is 6.07 Å². The first kappa shape index (κ1) is 23.6. The molecule has 0 aliphatic carbocycles. The quantitative estimate of drug-likeness (QED) is 0.411. The van der Waals surface area contributed by atoms with Crippen molar-refractivity contribution >= 4 is 34.0 Å². The maximum Gasteiger partial charge on any atom is 0.262 e. The van der Waals surface area contributed by atoms with Crippen molar-refractivity contribution < 1.29 is 18.7 Å². The van der Waals surface area contributed by atoms with Crippen molar-refractivity contribution in [3.05, 3.63) is 65.9 Å². The number of anilines is 3. The number of fused-ring (bicyclic) bond motifs is 1. The molecule has 9 nitrogen and oxygen atoms in total. The second-order valence-electron chi connectivity index (χ2n) is 8.77. The van der Waals surface area contributed by atoms with Gasteiger partial charge in [0.25, 0.3) is 5.91 Å². The molecule has 1 fully saturated rings. The number of ether oxygens (including phenoxy) is 2. The highest BCUT2D eigenvalue weighted by molar-refractivity contribution is 6.01. The van der Waals surface area contributed by atoms with Crippen LogP contribution in [0.5, 0.6) is 11.6 Å². The lowest BCUT2D eigenvalue weighted by Crippen LogP contribution is -2.36. The predicted molar refractivity (Wildman–Crippen MR) is 136 cm³/mol. The van der Waals surface area contributed by atoms with E-state index in [1.54, 1.807) is 26.2 Å².